The summed E-state index contributed by atoms with van der Waals surface area (Å²) in [6, 6.07) is 12.1. The van der Waals surface area contributed by atoms with Gasteiger partial charge in [-0.15, -0.1) is 0 Å². The fourth-order valence-electron chi connectivity index (χ4n) is 2.57. The third kappa shape index (κ3) is 3.18. The second-order valence-corrected chi connectivity index (χ2v) is 8.05. The molecule has 0 aliphatic rings. The second-order valence-electron chi connectivity index (χ2n) is 5.49. The van der Waals surface area contributed by atoms with Crippen LogP contribution in [0.3, 0.4) is 0 Å². The number of anilines is 1. The number of hydrogen-bond acceptors (Lipinski definition) is 5. The van der Waals surface area contributed by atoms with Crippen molar-refractivity contribution < 1.29 is 8.42 Å². The van der Waals surface area contributed by atoms with Crippen LogP contribution >= 0.6 is 15.9 Å². The Bertz CT molecular complexity index is 1190. The first-order chi connectivity index (χ1) is 12.5. The summed E-state index contributed by atoms with van der Waals surface area (Å²) in [6.07, 6.45) is 4.87. The molecule has 0 spiro atoms. The van der Waals surface area contributed by atoms with Crippen LogP contribution in [0.25, 0.3) is 22.2 Å². The van der Waals surface area contributed by atoms with Crippen molar-refractivity contribution in [1.82, 2.24) is 20.2 Å². The number of pyridine rings is 2. The van der Waals surface area contributed by atoms with Gasteiger partial charge in [-0.3, -0.25) is 19.8 Å². The zero-order valence-electron chi connectivity index (χ0n) is 13.2. The summed E-state index contributed by atoms with van der Waals surface area (Å²) in [5.41, 5.74) is 1.93. The zero-order chi connectivity index (χ0) is 18.1. The molecular formula is C17H12BrN5O2S. The molecule has 2 N–H and O–H groups in total. The molecule has 0 aliphatic carbocycles. The Labute approximate surface area is 157 Å². The number of aromatic nitrogens is 4. The highest BCUT2D eigenvalue weighted by molar-refractivity contribution is 9.10. The molecule has 0 saturated carbocycles. The minimum Gasteiger partial charge on any atom is -0.276 e. The number of benzene rings is 1. The summed E-state index contributed by atoms with van der Waals surface area (Å²) < 4.78 is 28.9. The van der Waals surface area contributed by atoms with Crippen molar-refractivity contribution in [3.8, 4) is 11.3 Å². The molecule has 3 heterocycles. The molecule has 0 unspecified atom stereocenters. The van der Waals surface area contributed by atoms with Crippen LogP contribution < -0.4 is 4.72 Å². The number of hydrogen-bond donors (Lipinski definition) is 2. The van der Waals surface area contributed by atoms with Gasteiger partial charge in [0.05, 0.1) is 11.2 Å². The summed E-state index contributed by atoms with van der Waals surface area (Å²) in [5.74, 6) is 0.195. The Balaban J connectivity index is 1.72. The molecule has 4 rings (SSSR count). The van der Waals surface area contributed by atoms with E-state index in [0.717, 1.165) is 10.9 Å². The minimum atomic E-state index is -3.87. The lowest BCUT2D eigenvalue weighted by atomic mass is 10.2. The van der Waals surface area contributed by atoms with Gasteiger partial charge >= 0.3 is 0 Å². The Morgan fingerprint density at radius 2 is 1.85 bits per heavy atom. The molecule has 0 radical (unpaired) electrons. The van der Waals surface area contributed by atoms with Gasteiger partial charge in [-0.2, -0.15) is 5.10 Å². The Kier molecular flexibility index (Phi) is 4.17. The number of aromatic amines is 1. The van der Waals surface area contributed by atoms with E-state index in [1.807, 2.05) is 12.1 Å². The molecule has 26 heavy (non-hydrogen) atoms. The third-order valence-corrected chi connectivity index (χ3v) is 5.56. The fourth-order valence-corrected chi connectivity index (χ4v) is 4.40. The maximum atomic E-state index is 12.9. The quantitative estimate of drug-likeness (QED) is 0.516. The largest absolute Gasteiger partial charge is 0.276 e. The molecule has 0 bridgehead atoms. The van der Waals surface area contributed by atoms with Gasteiger partial charge in [0.1, 0.15) is 4.90 Å². The average Bonchev–Trinajstić information content (AvgIpc) is 3.09. The molecule has 0 saturated heterocycles. The van der Waals surface area contributed by atoms with Crippen molar-refractivity contribution in [2.45, 2.75) is 4.90 Å². The van der Waals surface area contributed by atoms with Crippen molar-refractivity contribution in [1.29, 1.82) is 0 Å². The molecule has 0 atom stereocenters. The van der Waals surface area contributed by atoms with Gasteiger partial charge in [-0.05, 0) is 30.3 Å². The lowest BCUT2D eigenvalue weighted by Crippen LogP contribution is -2.14. The van der Waals surface area contributed by atoms with Gasteiger partial charge in [0.2, 0.25) is 0 Å². The third-order valence-electron chi connectivity index (χ3n) is 3.73. The van der Waals surface area contributed by atoms with E-state index in [9.17, 15) is 8.42 Å². The van der Waals surface area contributed by atoms with Crippen LogP contribution in [-0.2, 0) is 10.0 Å². The van der Waals surface area contributed by atoms with Gasteiger partial charge in [-0.1, -0.05) is 22.0 Å². The maximum Gasteiger partial charge on any atom is 0.265 e. The lowest BCUT2D eigenvalue weighted by Gasteiger charge is -2.09. The summed E-state index contributed by atoms with van der Waals surface area (Å²) in [6.45, 7) is 0. The molecule has 4 aromatic rings. The number of halogens is 1. The first kappa shape index (κ1) is 16.7. The smallest absolute Gasteiger partial charge is 0.265 e. The predicted octanol–water partition coefficient (Wildman–Crippen LogP) is 3.58. The van der Waals surface area contributed by atoms with Crippen LogP contribution in [0.15, 0.2) is 70.4 Å². The lowest BCUT2D eigenvalue weighted by molar-refractivity contribution is 0.601. The van der Waals surface area contributed by atoms with E-state index in [1.54, 1.807) is 42.9 Å². The van der Waals surface area contributed by atoms with E-state index in [1.165, 1.54) is 6.07 Å². The van der Waals surface area contributed by atoms with E-state index in [4.69, 9.17) is 0 Å². The number of fused-ring (bicyclic) bond motifs is 1. The predicted molar refractivity (Wildman–Crippen MR) is 102 cm³/mol. The Morgan fingerprint density at radius 3 is 2.65 bits per heavy atom. The first-order valence-corrected chi connectivity index (χ1v) is 9.83. The van der Waals surface area contributed by atoms with Gasteiger partial charge in [-0.25, -0.2) is 8.42 Å². The summed E-state index contributed by atoms with van der Waals surface area (Å²) in [7, 11) is -3.87. The van der Waals surface area contributed by atoms with E-state index in [0.29, 0.717) is 15.7 Å². The fraction of sp³-hybridized carbons (Fsp3) is 0. The second kappa shape index (κ2) is 6.50. The SMILES string of the molecule is O=S(=O)(Nc1cc(-c2ccncc2)[nH]n1)c1cc(Br)cc2cccnc12. The van der Waals surface area contributed by atoms with Crippen molar-refractivity contribution in [2.75, 3.05) is 4.72 Å². The van der Waals surface area contributed by atoms with Crippen LogP contribution in [0.2, 0.25) is 0 Å². The minimum absolute atomic E-state index is 0.0796. The number of sulfonamides is 1. The number of H-pyrrole nitrogens is 1. The van der Waals surface area contributed by atoms with Crippen LogP contribution in [0.4, 0.5) is 5.82 Å². The highest BCUT2D eigenvalue weighted by Gasteiger charge is 2.20. The van der Waals surface area contributed by atoms with Crippen molar-refractivity contribution in [3.05, 3.63) is 65.5 Å². The molecule has 130 valence electrons. The Morgan fingerprint density at radius 1 is 1.04 bits per heavy atom. The summed E-state index contributed by atoms with van der Waals surface area (Å²) >= 11 is 3.35. The Hall–Kier alpha value is -2.78. The molecule has 0 aliphatic heterocycles. The van der Waals surface area contributed by atoms with Gasteiger partial charge in [0, 0.05) is 40.1 Å². The van der Waals surface area contributed by atoms with E-state index < -0.39 is 10.0 Å². The molecule has 7 nitrogen and oxygen atoms in total. The highest BCUT2D eigenvalue weighted by atomic mass is 79.9. The molecular weight excluding hydrogens is 418 g/mol. The van der Waals surface area contributed by atoms with Crippen molar-refractivity contribution in [3.63, 3.8) is 0 Å². The highest BCUT2D eigenvalue weighted by Crippen LogP contribution is 2.28. The zero-order valence-corrected chi connectivity index (χ0v) is 15.6. The maximum absolute atomic E-state index is 12.9. The number of rotatable bonds is 4. The number of nitrogens with zero attached hydrogens (tertiary/aromatic N) is 3. The molecule has 3 aromatic heterocycles. The topological polar surface area (TPSA) is 101 Å². The van der Waals surface area contributed by atoms with Crippen molar-refractivity contribution >= 4 is 42.7 Å². The van der Waals surface area contributed by atoms with Crippen LogP contribution in [0.5, 0.6) is 0 Å². The van der Waals surface area contributed by atoms with Crippen molar-refractivity contribution in [2.24, 2.45) is 0 Å². The average molecular weight is 430 g/mol. The molecule has 1 aromatic carbocycles. The van der Waals surface area contributed by atoms with Gasteiger partial charge < -0.3 is 0 Å². The van der Waals surface area contributed by atoms with Crippen LogP contribution in [0.1, 0.15) is 0 Å². The molecule has 0 fully saturated rings. The van der Waals surface area contributed by atoms with E-state index in [-0.39, 0.29) is 10.7 Å². The summed E-state index contributed by atoms with van der Waals surface area (Å²) in [4.78, 5) is 8.24. The normalized spacial score (nSPS) is 11.6. The van der Waals surface area contributed by atoms with E-state index in [2.05, 4.69) is 40.8 Å². The van der Waals surface area contributed by atoms with E-state index >= 15 is 0 Å². The first-order valence-electron chi connectivity index (χ1n) is 7.56. The number of nitrogens with one attached hydrogen (secondary N) is 2. The summed E-state index contributed by atoms with van der Waals surface area (Å²) in [5, 5.41) is 7.58. The van der Waals surface area contributed by atoms with Gasteiger partial charge in [0.25, 0.3) is 10.0 Å². The molecule has 9 heteroatoms. The van der Waals surface area contributed by atoms with Crippen LogP contribution in [-0.4, -0.2) is 28.6 Å². The van der Waals surface area contributed by atoms with Crippen LogP contribution in [0, 0.1) is 0 Å². The van der Waals surface area contributed by atoms with Gasteiger partial charge in [0.15, 0.2) is 5.82 Å². The monoisotopic (exact) mass is 429 g/mol. The molecule has 0 amide bonds. The standard InChI is InChI=1S/C17H12BrN5O2S/c18-13-8-12-2-1-5-20-17(12)15(9-13)26(24,25)23-16-10-14(21-22-16)11-3-6-19-7-4-11/h1-10H,(H2,21,22,23).